The molecule has 1 saturated heterocycles. The molecule has 1 aromatic rings. The number of nitrogens with zero attached hydrogens (tertiary/aromatic N) is 4. The Kier molecular flexibility index (Phi) is 4.68. The van der Waals surface area contributed by atoms with E-state index in [1.165, 1.54) is 18.6 Å². The highest BCUT2D eigenvalue weighted by Gasteiger charge is 2.29. The minimum absolute atomic E-state index is 0.336. The topological polar surface area (TPSA) is 67.1 Å². The third kappa shape index (κ3) is 3.86. The molecule has 0 amide bonds. The van der Waals surface area contributed by atoms with Crippen LogP contribution in [0, 0.1) is 0 Å². The van der Waals surface area contributed by atoms with Crippen LogP contribution < -0.4 is 10.6 Å². The first kappa shape index (κ1) is 14.2. The molecule has 0 bridgehead atoms. The van der Waals surface area contributed by atoms with Gasteiger partial charge < -0.3 is 15.2 Å². The maximum Gasteiger partial charge on any atom is 0.191 e. The lowest BCUT2D eigenvalue weighted by molar-refractivity contribution is 0.583. The number of thioether (sulfide) groups is 1. The van der Waals surface area contributed by atoms with Gasteiger partial charge in [0.25, 0.3) is 0 Å². The second-order valence-corrected chi connectivity index (χ2v) is 6.72. The molecule has 0 aromatic carbocycles. The van der Waals surface area contributed by atoms with Crippen LogP contribution in [0.25, 0.3) is 0 Å². The van der Waals surface area contributed by atoms with E-state index in [0.29, 0.717) is 11.3 Å². The first-order valence-corrected chi connectivity index (χ1v) is 7.53. The minimum atomic E-state index is 0.336. The molecule has 1 fully saturated rings. The SMILES string of the molecule is CN=C(NCc1nncn1C)NCC1(C)CCCS1. The fourth-order valence-corrected chi connectivity index (χ4v) is 3.34. The van der Waals surface area contributed by atoms with Crippen LogP contribution in [0.4, 0.5) is 0 Å². The zero-order valence-corrected chi connectivity index (χ0v) is 12.6. The van der Waals surface area contributed by atoms with Crippen molar-refractivity contribution in [3.63, 3.8) is 0 Å². The molecular formula is C12H22N6S. The third-order valence-electron chi connectivity index (χ3n) is 3.37. The molecule has 0 aliphatic carbocycles. The van der Waals surface area contributed by atoms with Crippen molar-refractivity contribution in [1.82, 2.24) is 25.4 Å². The van der Waals surface area contributed by atoms with Gasteiger partial charge in [0.1, 0.15) is 6.33 Å². The van der Waals surface area contributed by atoms with Crippen LogP contribution in [-0.4, -0.2) is 44.8 Å². The summed E-state index contributed by atoms with van der Waals surface area (Å²) in [7, 11) is 3.72. The van der Waals surface area contributed by atoms with Gasteiger partial charge in [-0.05, 0) is 25.5 Å². The summed E-state index contributed by atoms with van der Waals surface area (Å²) in [5.74, 6) is 2.98. The Bertz CT molecular complexity index is 435. The van der Waals surface area contributed by atoms with Crippen LogP contribution in [0.15, 0.2) is 11.3 Å². The Balaban J connectivity index is 1.79. The number of aromatic nitrogens is 3. The molecule has 0 spiro atoms. The number of guanidine groups is 1. The van der Waals surface area contributed by atoms with E-state index in [1.807, 2.05) is 23.4 Å². The number of nitrogens with one attached hydrogen (secondary N) is 2. The molecule has 2 heterocycles. The van der Waals surface area contributed by atoms with Gasteiger partial charge in [-0.1, -0.05) is 0 Å². The lowest BCUT2D eigenvalue weighted by atomic mass is 10.1. The average Bonchev–Trinajstić information content (AvgIpc) is 3.00. The molecule has 0 saturated carbocycles. The molecule has 106 valence electrons. The van der Waals surface area contributed by atoms with Crippen LogP contribution in [0.2, 0.25) is 0 Å². The maximum absolute atomic E-state index is 4.24. The fourth-order valence-electron chi connectivity index (χ4n) is 2.10. The number of hydrogen-bond donors (Lipinski definition) is 2. The zero-order valence-electron chi connectivity index (χ0n) is 11.8. The van der Waals surface area contributed by atoms with E-state index in [-0.39, 0.29) is 0 Å². The van der Waals surface area contributed by atoms with Crippen LogP contribution in [0.1, 0.15) is 25.6 Å². The van der Waals surface area contributed by atoms with Crippen molar-refractivity contribution in [2.24, 2.45) is 12.0 Å². The van der Waals surface area contributed by atoms with Gasteiger partial charge in [0.05, 0.1) is 6.54 Å². The van der Waals surface area contributed by atoms with Crippen molar-refractivity contribution >= 4 is 17.7 Å². The Morgan fingerprint density at radius 3 is 3.00 bits per heavy atom. The van der Waals surface area contributed by atoms with E-state index in [1.54, 1.807) is 13.4 Å². The van der Waals surface area contributed by atoms with E-state index in [9.17, 15) is 0 Å². The molecule has 1 atom stereocenters. The van der Waals surface area contributed by atoms with Crippen LogP contribution in [0.5, 0.6) is 0 Å². The standard InChI is InChI=1S/C12H22N6S/c1-12(5-4-6-19-12)8-15-11(13-2)14-7-10-17-16-9-18(10)3/h9H,4-8H2,1-3H3,(H2,13,14,15). The summed E-state index contributed by atoms with van der Waals surface area (Å²) in [4.78, 5) is 4.24. The van der Waals surface area contributed by atoms with Crippen molar-refractivity contribution in [1.29, 1.82) is 0 Å². The van der Waals surface area contributed by atoms with E-state index >= 15 is 0 Å². The highest BCUT2D eigenvalue weighted by atomic mass is 32.2. The van der Waals surface area contributed by atoms with Crippen molar-refractivity contribution in [2.45, 2.75) is 31.1 Å². The molecule has 2 rings (SSSR count). The van der Waals surface area contributed by atoms with Crippen molar-refractivity contribution < 1.29 is 0 Å². The van der Waals surface area contributed by atoms with Crippen LogP contribution in [0.3, 0.4) is 0 Å². The lowest BCUT2D eigenvalue weighted by Crippen LogP contribution is -2.43. The van der Waals surface area contributed by atoms with Gasteiger partial charge in [0.15, 0.2) is 11.8 Å². The predicted molar refractivity (Wildman–Crippen MR) is 79.3 cm³/mol. The van der Waals surface area contributed by atoms with Crippen molar-refractivity contribution in [2.75, 3.05) is 19.3 Å². The quantitative estimate of drug-likeness (QED) is 0.630. The molecule has 0 radical (unpaired) electrons. The first-order chi connectivity index (χ1) is 9.13. The van der Waals surface area contributed by atoms with Gasteiger partial charge in [0, 0.05) is 25.4 Å². The van der Waals surface area contributed by atoms with Crippen molar-refractivity contribution in [3.8, 4) is 0 Å². The molecule has 1 aromatic heterocycles. The van der Waals surface area contributed by atoms with E-state index < -0.39 is 0 Å². The minimum Gasteiger partial charge on any atom is -0.355 e. The number of aliphatic imine (C=N–C) groups is 1. The molecule has 6 nitrogen and oxygen atoms in total. The van der Waals surface area contributed by atoms with Gasteiger partial charge in [-0.2, -0.15) is 11.8 Å². The summed E-state index contributed by atoms with van der Waals surface area (Å²) in [5, 5.41) is 14.5. The Morgan fingerprint density at radius 2 is 2.42 bits per heavy atom. The normalized spacial score (nSPS) is 23.6. The van der Waals surface area contributed by atoms with Gasteiger partial charge in [-0.25, -0.2) is 0 Å². The maximum atomic E-state index is 4.24. The summed E-state index contributed by atoms with van der Waals surface area (Å²) in [6.45, 7) is 3.88. The summed E-state index contributed by atoms with van der Waals surface area (Å²) in [6.07, 6.45) is 4.28. The van der Waals surface area contributed by atoms with Gasteiger partial charge in [-0.15, -0.1) is 10.2 Å². The second kappa shape index (κ2) is 6.27. The largest absolute Gasteiger partial charge is 0.355 e. The molecule has 1 aliphatic heterocycles. The molecule has 1 aliphatic rings. The van der Waals surface area contributed by atoms with Gasteiger partial charge in [-0.3, -0.25) is 4.99 Å². The van der Waals surface area contributed by atoms with Gasteiger partial charge >= 0.3 is 0 Å². The summed E-state index contributed by atoms with van der Waals surface area (Å²) in [5.41, 5.74) is 0. The molecule has 19 heavy (non-hydrogen) atoms. The summed E-state index contributed by atoms with van der Waals surface area (Å²) in [6, 6.07) is 0. The number of hydrogen-bond acceptors (Lipinski definition) is 4. The molecule has 1 unspecified atom stereocenters. The van der Waals surface area contributed by atoms with Gasteiger partial charge in [0.2, 0.25) is 0 Å². The Hall–Kier alpha value is -1.24. The fraction of sp³-hybridized carbons (Fsp3) is 0.750. The van der Waals surface area contributed by atoms with Crippen LogP contribution in [-0.2, 0) is 13.6 Å². The van der Waals surface area contributed by atoms with E-state index in [2.05, 4.69) is 32.7 Å². The molecule has 7 heteroatoms. The predicted octanol–water partition coefficient (Wildman–Crippen LogP) is 0.766. The zero-order chi connectivity index (χ0) is 13.7. The third-order valence-corrected chi connectivity index (χ3v) is 4.91. The highest BCUT2D eigenvalue weighted by Crippen LogP contribution is 2.36. The lowest BCUT2D eigenvalue weighted by Gasteiger charge is -2.24. The smallest absolute Gasteiger partial charge is 0.191 e. The molecular weight excluding hydrogens is 260 g/mol. The highest BCUT2D eigenvalue weighted by molar-refractivity contribution is 8.00. The second-order valence-electron chi connectivity index (χ2n) is 5.04. The summed E-state index contributed by atoms with van der Waals surface area (Å²) >= 11 is 2.04. The Morgan fingerprint density at radius 1 is 1.58 bits per heavy atom. The van der Waals surface area contributed by atoms with Crippen LogP contribution >= 0.6 is 11.8 Å². The number of aryl methyl sites for hydroxylation is 1. The Labute approximate surface area is 118 Å². The van der Waals surface area contributed by atoms with Crippen molar-refractivity contribution in [3.05, 3.63) is 12.2 Å². The number of rotatable bonds is 4. The first-order valence-electron chi connectivity index (χ1n) is 6.54. The van der Waals surface area contributed by atoms with E-state index in [0.717, 1.165) is 18.3 Å². The summed E-state index contributed by atoms with van der Waals surface area (Å²) < 4.78 is 2.23. The molecule has 2 N–H and O–H groups in total. The average molecular weight is 282 g/mol. The monoisotopic (exact) mass is 282 g/mol. The van der Waals surface area contributed by atoms with E-state index in [4.69, 9.17) is 0 Å².